The van der Waals surface area contributed by atoms with Crippen LogP contribution < -0.4 is 5.32 Å². The van der Waals surface area contributed by atoms with Gasteiger partial charge in [0.15, 0.2) is 5.16 Å². The molecule has 0 radical (unpaired) electrons. The van der Waals surface area contributed by atoms with Crippen LogP contribution in [0.15, 0.2) is 66.1 Å². The van der Waals surface area contributed by atoms with Crippen molar-refractivity contribution >= 4 is 29.3 Å². The number of thioether (sulfide) groups is 1. The normalized spacial score (nSPS) is 10.5. The third-order valence-corrected chi connectivity index (χ3v) is 4.45. The molecule has 7 heteroatoms. The highest BCUT2D eigenvalue weighted by Crippen LogP contribution is 2.21. The maximum absolute atomic E-state index is 12.0. The van der Waals surface area contributed by atoms with Crippen LogP contribution in [0.1, 0.15) is 5.56 Å². The van der Waals surface area contributed by atoms with E-state index in [9.17, 15) is 4.79 Å². The standard InChI is InChI=1S/C17H15ClN4OS/c18-14-7-4-8-15(9-14)22-12-20-21-17(22)24-11-16(23)19-10-13-5-2-1-3-6-13/h1-9,12H,10-11H2,(H,19,23). The maximum Gasteiger partial charge on any atom is 0.230 e. The summed E-state index contributed by atoms with van der Waals surface area (Å²) in [6.45, 7) is 0.515. The lowest BCUT2D eigenvalue weighted by molar-refractivity contribution is -0.118. The first kappa shape index (κ1) is 16.5. The van der Waals surface area contributed by atoms with Crippen molar-refractivity contribution in [1.82, 2.24) is 20.1 Å². The van der Waals surface area contributed by atoms with Crippen LogP contribution in [-0.4, -0.2) is 26.4 Å². The van der Waals surface area contributed by atoms with Gasteiger partial charge in [-0.25, -0.2) is 0 Å². The number of hydrogen-bond donors (Lipinski definition) is 1. The number of carbonyl (C=O) groups is 1. The molecular formula is C17H15ClN4OS. The number of rotatable bonds is 6. The Balaban J connectivity index is 1.57. The molecule has 0 spiro atoms. The Hall–Kier alpha value is -2.31. The van der Waals surface area contributed by atoms with Gasteiger partial charge in [-0.05, 0) is 23.8 Å². The van der Waals surface area contributed by atoms with Crippen LogP contribution in [0.5, 0.6) is 0 Å². The third-order valence-electron chi connectivity index (χ3n) is 3.27. The van der Waals surface area contributed by atoms with Crippen LogP contribution in [0.4, 0.5) is 0 Å². The topological polar surface area (TPSA) is 59.8 Å². The second-order valence-electron chi connectivity index (χ2n) is 5.01. The van der Waals surface area contributed by atoms with Gasteiger partial charge in [0, 0.05) is 11.6 Å². The van der Waals surface area contributed by atoms with Gasteiger partial charge in [0.05, 0.1) is 11.4 Å². The number of carbonyl (C=O) groups excluding carboxylic acids is 1. The van der Waals surface area contributed by atoms with Gasteiger partial charge in [-0.3, -0.25) is 9.36 Å². The first-order valence-corrected chi connectivity index (χ1v) is 8.68. The molecule has 1 aromatic heterocycles. The second kappa shape index (κ2) is 7.99. The number of benzene rings is 2. The molecule has 2 aromatic carbocycles. The van der Waals surface area contributed by atoms with E-state index < -0.39 is 0 Å². The van der Waals surface area contributed by atoms with Gasteiger partial charge in [-0.2, -0.15) is 0 Å². The molecule has 0 aliphatic heterocycles. The first-order valence-electron chi connectivity index (χ1n) is 7.32. The molecule has 3 rings (SSSR count). The van der Waals surface area contributed by atoms with Crippen LogP contribution in [0.3, 0.4) is 0 Å². The van der Waals surface area contributed by atoms with Crippen molar-refractivity contribution in [1.29, 1.82) is 0 Å². The fourth-order valence-corrected chi connectivity index (χ4v) is 3.05. The zero-order valence-corrected chi connectivity index (χ0v) is 14.3. The zero-order chi connectivity index (χ0) is 16.8. The lowest BCUT2D eigenvalue weighted by Gasteiger charge is -2.07. The molecule has 0 atom stereocenters. The van der Waals surface area contributed by atoms with Gasteiger partial charge < -0.3 is 5.32 Å². The van der Waals surface area contributed by atoms with Gasteiger partial charge in [0.2, 0.25) is 5.91 Å². The van der Waals surface area contributed by atoms with E-state index in [1.165, 1.54) is 11.8 Å². The van der Waals surface area contributed by atoms with E-state index in [-0.39, 0.29) is 11.7 Å². The van der Waals surface area contributed by atoms with Gasteiger partial charge >= 0.3 is 0 Å². The minimum atomic E-state index is -0.0514. The van der Waals surface area contributed by atoms with Crippen molar-refractivity contribution in [3.05, 3.63) is 71.5 Å². The molecule has 122 valence electrons. The van der Waals surface area contributed by atoms with Crippen LogP contribution in [0, 0.1) is 0 Å². The van der Waals surface area contributed by atoms with Gasteiger partial charge in [0.1, 0.15) is 6.33 Å². The molecule has 3 aromatic rings. The smallest absolute Gasteiger partial charge is 0.230 e. The average Bonchev–Trinajstić information content (AvgIpc) is 3.08. The molecular weight excluding hydrogens is 344 g/mol. The van der Waals surface area contributed by atoms with Crippen molar-refractivity contribution in [3.63, 3.8) is 0 Å². The number of hydrogen-bond acceptors (Lipinski definition) is 4. The van der Waals surface area contributed by atoms with Gasteiger partial charge in [-0.15, -0.1) is 10.2 Å². The molecule has 0 aliphatic carbocycles. The Bertz CT molecular complexity index is 822. The summed E-state index contributed by atoms with van der Waals surface area (Å²) in [5.41, 5.74) is 1.93. The third kappa shape index (κ3) is 4.37. The molecule has 1 heterocycles. The molecule has 0 aliphatic rings. The summed E-state index contributed by atoms with van der Waals surface area (Å²) in [7, 11) is 0. The maximum atomic E-state index is 12.0. The molecule has 0 bridgehead atoms. The summed E-state index contributed by atoms with van der Waals surface area (Å²) < 4.78 is 1.81. The van der Waals surface area contributed by atoms with Gasteiger partial charge in [0.25, 0.3) is 0 Å². The molecule has 1 amide bonds. The molecule has 0 fully saturated rings. The van der Waals surface area contributed by atoms with Crippen molar-refractivity contribution in [2.24, 2.45) is 0 Å². The summed E-state index contributed by atoms with van der Waals surface area (Å²) in [5.74, 6) is 0.219. The van der Waals surface area contributed by atoms with Crippen LogP contribution in [0.2, 0.25) is 5.02 Å². The van der Waals surface area contributed by atoms with Crippen molar-refractivity contribution in [2.75, 3.05) is 5.75 Å². The molecule has 24 heavy (non-hydrogen) atoms. The van der Waals surface area contributed by atoms with E-state index in [0.29, 0.717) is 16.7 Å². The van der Waals surface area contributed by atoms with E-state index in [1.54, 1.807) is 17.0 Å². The molecule has 0 saturated heterocycles. The van der Waals surface area contributed by atoms with Crippen LogP contribution >= 0.6 is 23.4 Å². The Kier molecular flexibility index (Phi) is 5.51. The monoisotopic (exact) mass is 358 g/mol. The Labute approximate surface area is 149 Å². The Morgan fingerprint density at radius 3 is 2.79 bits per heavy atom. The highest BCUT2D eigenvalue weighted by atomic mass is 35.5. The van der Waals surface area contributed by atoms with Crippen molar-refractivity contribution in [2.45, 2.75) is 11.7 Å². The van der Waals surface area contributed by atoms with Gasteiger partial charge in [-0.1, -0.05) is 59.8 Å². The van der Waals surface area contributed by atoms with Crippen molar-refractivity contribution in [3.8, 4) is 5.69 Å². The minimum Gasteiger partial charge on any atom is -0.351 e. The average molecular weight is 359 g/mol. The Morgan fingerprint density at radius 1 is 1.17 bits per heavy atom. The summed E-state index contributed by atoms with van der Waals surface area (Å²) in [6, 6.07) is 17.2. The van der Waals surface area contributed by atoms with Crippen molar-refractivity contribution < 1.29 is 4.79 Å². The zero-order valence-electron chi connectivity index (χ0n) is 12.7. The minimum absolute atomic E-state index is 0.0514. The number of aromatic nitrogens is 3. The Morgan fingerprint density at radius 2 is 2.00 bits per heavy atom. The quantitative estimate of drug-likeness (QED) is 0.687. The molecule has 5 nitrogen and oxygen atoms in total. The lowest BCUT2D eigenvalue weighted by atomic mass is 10.2. The van der Waals surface area contributed by atoms with Crippen LogP contribution in [-0.2, 0) is 11.3 Å². The highest BCUT2D eigenvalue weighted by Gasteiger charge is 2.10. The fraction of sp³-hybridized carbons (Fsp3) is 0.118. The second-order valence-corrected chi connectivity index (χ2v) is 6.39. The summed E-state index contributed by atoms with van der Waals surface area (Å²) in [4.78, 5) is 12.0. The number of nitrogens with zero attached hydrogens (tertiary/aromatic N) is 3. The number of halogens is 1. The predicted octanol–water partition coefficient (Wildman–Crippen LogP) is 3.33. The fourth-order valence-electron chi connectivity index (χ4n) is 2.10. The van der Waals surface area contributed by atoms with E-state index in [4.69, 9.17) is 11.6 Å². The first-order chi connectivity index (χ1) is 11.7. The molecule has 0 saturated carbocycles. The number of amides is 1. The van der Waals surface area contributed by atoms with E-state index in [1.807, 2.05) is 48.5 Å². The molecule has 0 unspecified atom stereocenters. The van der Waals surface area contributed by atoms with E-state index in [2.05, 4.69) is 15.5 Å². The van der Waals surface area contributed by atoms with E-state index >= 15 is 0 Å². The summed E-state index contributed by atoms with van der Waals surface area (Å²) in [6.07, 6.45) is 1.61. The molecule has 1 N–H and O–H groups in total. The highest BCUT2D eigenvalue weighted by molar-refractivity contribution is 7.99. The van der Waals surface area contributed by atoms with Crippen LogP contribution in [0.25, 0.3) is 5.69 Å². The lowest BCUT2D eigenvalue weighted by Crippen LogP contribution is -2.24. The summed E-state index contributed by atoms with van der Waals surface area (Å²) >= 11 is 7.35. The number of nitrogens with one attached hydrogen (secondary N) is 1. The summed E-state index contributed by atoms with van der Waals surface area (Å²) in [5, 5.41) is 12.2. The predicted molar refractivity (Wildman–Crippen MR) is 95.4 cm³/mol. The van der Waals surface area contributed by atoms with E-state index in [0.717, 1.165) is 11.3 Å². The largest absolute Gasteiger partial charge is 0.351 e. The SMILES string of the molecule is O=C(CSc1nncn1-c1cccc(Cl)c1)NCc1ccccc1.